The number of para-hydroxylation sites is 1. The minimum absolute atomic E-state index is 0.0659. The fraction of sp³-hybridized carbons (Fsp3) is 0.235. The highest BCUT2D eigenvalue weighted by Gasteiger charge is 2.15. The number of halogens is 1. The minimum atomic E-state index is -0.306. The number of hydrogen-bond donors (Lipinski definition) is 1. The first kappa shape index (κ1) is 15.6. The SMILES string of the molecule is CCOC(=O)c1ccccc1NC(C)c1ccccc1Br. The summed E-state index contributed by atoms with van der Waals surface area (Å²) in [6.45, 7) is 4.23. The van der Waals surface area contributed by atoms with E-state index in [1.165, 1.54) is 0 Å². The van der Waals surface area contributed by atoms with Crippen LogP contribution in [-0.2, 0) is 4.74 Å². The lowest BCUT2D eigenvalue weighted by Crippen LogP contribution is -2.12. The molecule has 2 aromatic carbocycles. The van der Waals surface area contributed by atoms with E-state index in [0.29, 0.717) is 12.2 Å². The Labute approximate surface area is 133 Å². The molecule has 0 aliphatic heterocycles. The van der Waals surface area contributed by atoms with Crippen molar-refractivity contribution in [3.8, 4) is 0 Å². The van der Waals surface area contributed by atoms with E-state index in [1.807, 2.05) is 36.4 Å². The lowest BCUT2D eigenvalue weighted by Gasteiger charge is -2.19. The molecule has 1 unspecified atom stereocenters. The molecular weight excluding hydrogens is 330 g/mol. The van der Waals surface area contributed by atoms with Gasteiger partial charge in [0, 0.05) is 16.2 Å². The Bertz CT molecular complexity index is 628. The molecule has 0 aliphatic carbocycles. The van der Waals surface area contributed by atoms with E-state index >= 15 is 0 Å². The van der Waals surface area contributed by atoms with Gasteiger partial charge in [0.2, 0.25) is 0 Å². The largest absolute Gasteiger partial charge is 0.462 e. The number of rotatable bonds is 5. The zero-order chi connectivity index (χ0) is 15.2. The van der Waals surface area contributed by atoms with Crippen LogP contribution in [0.5, 0.6) is 0 Å². The minimum Gasteiger partial charge on any atom is -0.462 e. The summed E-state index contributed by atoms with van der Waals surface area (Å²) < 4.78 is 6.13. The maximum Gasteiger partial charge on any atom is 0.340 e. The van der Waals surface area contributed by atoms with E-state index in [0.717, 1.165) is 15.7 Å². The predicted octanol–water partition coefficient (Wildman–Crippen LogP) is 4.80. The van der Waals surface area contributed by atoms with Crippen LogP contribution in [0.2, 0.25) is 0 Å². The molecule has 0 fully saturated rings. The normalized spacial score (nSPS) is 11.8. The second-order valence-electron chi connectivity index (χ2n) is 4.65. The number of nitrogens with one attached hydrogen (secondary N) is 1. The van der Waals surface area contributed by atoms with Crippen LogP contribution < -0.4 is 5.32 Å². The lowest BCUT2D eigenvalue weighted by atomic mass is 10.1. The summed E-state index contributed by atoms with van der Waals surface area (Å²) in [5.41, 5.74) is 2.47. The van der Waals surface area contributed by atoms with Gasteiger partial charge in [-0.2, -0.15) is 0 Å². The number of benzene rings is 2. The van der Waals surface area contributed by atoms with Crippen LogP contribution in [0.3, 0.4) is 0 Å². The van der Waals surface area contributed by atoms with E-state index in [9.17, 15) is 4.79 Å². The van der Waals surface area contributed by atoms with Gasteiger partial charge < -0.3 is 10.1 Å². The van der Waals surface area contributed by atoms with Gasteiger partial charge in [0.1, 0.15) is 0 Å². The Hall–Kier alpha value is -1.81. The van der Waals surface area contributed by atoms with Crippen molar-refractivity contribution in [3.05, 3.63) is 64.1 Å². The van der Waals surface area contributed by atoms with Gasteiger partial charge in [-0.05, 0) is 37.6 Å². The highest BCUT2D eigenvalue weighted by atomic mass is 79.9. The molecule has 2 aromatic rings. The first-order valence-electron chi connectivity index (χ1n) is 6.90. The lowest BCUT2D eigenvalue weighted by molar-refractivity contribution is 0.0527. The highest BCUT2D eigenvalue weighted by Crippen LogP contribution is 2.27. The predicted molar refractivity (Wildman–Crippen MR) is 88.6 cm³/mol. The summed E-state index contributed by atoms with van der Waals surface area (Å²) >= 11 is 3.55. The maximum atomic E-state index is 12.0. The Morgan fingerprint density at radius 2 is 1.86 bits per heavy atom. The number of carbonyl (C=O) groups excluding carboxylic acids is 1. The molecule has 1 N–H and O–H groups in total. The van der Waals surface area contributed by atoms with Crippen LogP contribution in [0.1, 0.15) is 35.8 Å². The van der Waals surface area contributed by atoms with E-state index in [4.69, 9.17) is 4.74 Å². The molecule has 4 heteroatoms. The third-order valence-electron chi connectivity index (χ3n) is 3.17. The van der Waals surface area contributed by atoms with Crippen molar-refractivity contribution in [1.29, 1.82) is 0 Å². The summed E-state index contributed by atoms with van der Waals surface area (Å²) in [4.78, 5) is 12.0. The Morgan fingerprint density at radius 3 is 2.57 bits per heavy atom. The van der Waals surface area contributed by atoms with Gasteiger partial charge in [-0.15, -0.1) is 0 Å². The number of carbonyl (C=O) groups is 1. The molecule has 0 amide bonds. The smallest absolute Gasteiger partial charge is 0.340 e. The molecule has 0 radical (unpaired) electrons. The van der Waals surface area contributed by atoms with E-state index in [1.54, 1.807) is 13.0 Å². The van der Waals surface area contributed by atoms with Crippen molar-refractivity contribution < 1.29 is 9.53 Å². The fourth-order valence-corrected chi connectivity index (χ4v) is 2.76. The molecule has 1 atom stereocenters. The zero-order valence-corrected chi connectivity index (χ0v) is 13.7. The molecule has 2 rings (SSSR count). The first-order chi connectivity index (χ1) is 10.1. The molecule has 0 aromatic heterocycles. The van der Waals surface area contributed by atoms with Gasteiger partial charge in [-0.1, -0.05) is 46.3 Å². The summed E-state index contributed by atoms with van der Waals surface area (Å²) in [5.74, 6) is -0.306. The maximum absolute atomic E-state index is 12.0. The van der Waals surface area contributed by atoms with Crippen molar-refractivity contribution in [2.75, 3.05) is 11.9 Å². The van der Waals surface area contributed by atoms with E-state index in [-0.39, 0.29) is 12.0 Å². The summed E-state index contributed by atoms with van der Waals surface area (Å²) in [7, 11) is 0. The van der Waals surface area contributed by atoms with Gasteiger partial charge in [-0.25, -0.2) is 4.79 Å². The van der Waals surface area contributed by atoms with Crippen molar-refractivity contribution in [1.82, 2.24) is 0 Å². The standard InChI is InChI=1S/C17H18BrNO2/c1-3-21-17(20)14-9-5-7-11-16(14)19-12(2)13-8-4-6-10-15(13)18/h4-12,19H,3H2,1-2H3. The topological polar surface area (TPSA) is 38.3 Å². The molecule has 21 heavy (non-hydrogen) atoms. The average Bonchev–Trinajstić information content (AvgIpc) is 2.48. The first-order valence-corrected chi connectivity index (χ1v) is 7.70. The van der Waals surface area contributed by atoms with Gasteiger partial charge in [-0.3, -0.25) is 0 Å². The molecule has 0 saturated carbocycles. The van der Waals surface area contributed by atoms with Crippen LogP contribution in [-0.4, -0.2) is 12.6 Å². The molecule has 0 spiro atoms. The summed E-state index contributed by atoms with van der Waals surface area (Å²) in [6.07, 6.45) is 0. The summed E-state index contributed by atoms with van der Waals surface area (Å²) in [5, 5.41) is 3.38. The Balaban J connectivity index is 2.24. The Morgan fingerprint density at radius 1 is 1.19 bits per heavy atom. The van der Waals surface area contributed by atoms with Crippen molar-refractivity contribution in [2.45, 2.75) is 19.9 Å². The zero-order valence-electron chi connectivity index (χ0n) is 12.1. The van der Waals surface area contributed by atoms with Crippen LogP contribution in [0.4, 0.5) is 5.69 Å². The molecule has 0 heterocycles. The molecule has 0 bridgehead atoms. The molecule has 110 valence electrons. The van der Waals surface area contributed by atoms with E-state index < -0.39 is 0 Å². The second kappa shape index (κ2) is 7.27. The molecular formula is C17H18BrNO2. The number of esters is 1. The van der Waals surface area contributed by atoms with E-state index in [2.05, 4.69) is 34.2 Å². The van der Waals surface area contributed by atoms with Crippen molar-refractivity contribution >= 4 is 27.6 Å². The van der Waals surface area contributed by atoms with Gasteiger partial charge in [0.25, 0.3) is 0 Å². The van der Waals surface area contributed by atoms with Crippen molar-refractivity contribution in [3.63, 3.8) is 0 Å². The van der Waals surface area contributed by atoms with Gasteiger partial charge >= 0.3 is 5.97 Å². The number of ether oxygens (including phenoxy) is 1. The van der Waals surface area contributed by atoms with Crippen LogP contribution >= 0.6 is 15.9 Å². The average molecular weight is 348 g/mol. The monoisotopic (exact) mass is 347 g/mol. The molecule has 0 aliphatic rings. The Kier molecular flexibility index (Phi) is 5.39. The molecule has 3 nitrogen and oxygen atoms in total. The van der Waals surface area contributed by atoms with Crippen LogP contribution in [0, 0.1) is 0 Å². The summed E-state index contributed by atoms with van der Waals surface area (Å²) in [6, 6.07) is 15.5. The number of hydrogen-bond acceptors (Lipinski definition) is 3. The van der Waals surface area contributed by atoms with Gasteiger partial charge in [0.05, 0.1) is 12.2 Å². The number of anilines is 1. The quantitative estimate of drug-likeness (QED) is 0.789. The second-order valence-corrected chi connectivity index (χ2v) is 5.51. The van der Waals surface area contributed by atoms with Crippen molar-refractivity contribution in [2.24, 2.45) is 0 Å². The third kappa shape index (κ3) is 3.85. The molecule has 0 saturated heterocycles. The third-order valence-corrected chi connectivity index (χ3v) is 3.89. The van der Waals surface area contributed by atoms with Crippen LogP contribution in [0.15, 0.2) is 53.0 Å². The van der Waals surface area contributed by atoms with Gasteiger partial charge in [0.15, 0.2) is 0 Å². The highest BCUT2D eigenvalue weighted by molar-refractivity contribution is 9.10. The fourth-order valence-electron chi connectivity index (χ4n) is 2.13. The van der Waals surface area contributed by atoms with Crippen LogP contribution in [0.25, 0.3) is 0 Å².